The van der Waals surface area contributed by atoms with E-state index in [9.17, 15) is 29.4 Å². The van der Waals surface area contributed by atoms with E-state index < -0.39 is 29.9 Å². The Morgan fingerprint density at radius 2 is 1.72 bits per heavy atom. The number of anilines is 1. The lowest BCUT2D eigenvalue weighted by molar-refractivity contribution is -0.138. The minimum absolute atomic E-state index is 0.0308. The van der Waals surface area contributed by atoms with E-state index >= 15 is 0 Å². The Hall–Kier alpha value is -4.26. The molecule has 13 heteroatoms. The summed E-state index contributed by atoms with van der Waals surface area (Å²) in [6, 6.07) is 8.94. The molecule has 1 aliphatic rings. The van der Waals surface area contributed by atoms with Gasteiger partial charge in [-0.1, -0.05) is 30.3 Å². The first-order chi connectivity index (χ1) is 18.7. The molecule has 2 unspecified atom stereocenters. The van der Waals surface area contributed by atoms with Gasteiger partial charge in [-0.25, -0.2) is 14.8 Å². The fraction of sp³-hybridized carbons (Fsp3) is 0.462. The van der Waals surface area contributed by atoms with Crippen LogP contribution in [0.25, 0.3) is 11.4 Å². The van der Waals surface area contributed by atoms with Gasteiger partial charge in [-0.3, -0.25) is 14.4 Å². The van der Waals surface area contributed by atoms with E-state index in [4.69, 9.17) is 4.74 Å². The van der Waals surface area contributed by atoms with E-state index in [0.29, 0.717) is 11.4 Å². The number of rotatable bonds is 11. The lowest BCUT2D eigenvalue weighted by Gasteiger charge is -2.35. The van der Waals surface area contributed by atoms with Gasteiger partial charge in [0.15, 0.2) is 5.82 Å². The van der Waals surface area contributed by atoms with Gasteiger partial charge in [-0.05, 0) is 20.3 Å². The van der Waals surface area contributed by atoms with Gasteiger partial charge < -0.3 is 35.4 Å². The van der Waals surface area contributed by atoms with Crippen LogP contribution in [0.2, 0.25) is 0 Å². The molecule has 39 heavy (non-hydrogen) atoms. The highest BCUT2D eigenvalue weighted by Crippen LogP contribution is 2.19. The molecule has 1 fully saturated rings. The summed E-state index contributed by atoms with van der Waals surface area (Å²) in [7, 11) is 0. The van der Waals surface area contributed by atoms with E-state index in [0.717, 1.165) is 0 Å². The zero-order chi connectivity index (χ0) is 28.4. The van der Waals surface area contributed by atoms with Crippen molar-refractivity contribution in [2.45, 2.75) is 38.8 Å². The van der Waals surface area contributed by atoms with Crippen LogP contribution in [0.4, 0.5) is 10.6 Å². The van der Waals surface area contributed by atoms with Crippen LogP contribution in [0.1, 0.15) is 37.2 Å². The highest BCUT2D eigenvalue weighted by atomic mass is 16.6. The maximum Gasteiger partial charge on any atom is 0.409 e. The molecule has 0 aliphatic carbocycles. The average molecular weight is 543 g/mol. The number of carbonyl (C=O) groups is 4. The monoisotopic (exact) mass is 542 g/mol. The molecule has 3 amide bonds. The fourth-order valence-electron chi connectivity index (χ4n) is 3.95. The minimum atomic E-state index is -1.12. The first-order valence-electron chi connectivity index (χ1n) is 12.8. The van der Waals surface area contributed by atoms with Gasteiger partial charge in [0, 0.05) is 50.3 Å². The number of hydrogen-bond donors (Lipinski definition) is 4. The van der Waals surface area contributed by atoms with Crippen molar-refractivity contribution in [3.8, 4) is 11.4 Å². The van der Waals surface area contributed by atoms with Crippen LogP contribution < -0.4 is 10.6 Å². The molecule has 1 saturated heterocycles. The normalized spacial score (nSPS) is 14.7. The van der Waals surface area contributed by atoms with Crippen molar-refractivity contribution in [3.63, 3.8) is 0 Å². The number of nitrogens with one attached hydrogen (secondary N) is 2. The van der Waals surface area contributed by atoms with Gasteiger partial charge in [0.25, 0.3) is 5.91 Å². The zero-order valence-electron chi connectivity index (χ0n) is 22.0. The number of aliphatic carboxylic acids is 1. The molecular weight excluding hydrogens is 508 g/mol. The SMILES string of the molecule is CCOC(=O)N1CCN(C(=O)C(CCC(=O)O)NC(=O)c2cc(NC(C)CO)nc(-c3ccccc3)n2)CC1. The molecule has 3 rings (SSSR count). The van der Waals surface area contributed by atoms with Crippen LogP contribution in [0, 0.1) is 0 Å². The molecular formula is C26H34N6O7. The van der Waals surface area contributed by atoms with Crippen LogP contribution in [0.5, 0.6) is 0 Å². The summed E-state index contributed by atoms with van der Waals surface area (Å²) >= 11 is 0. The van der Waals surface area contributed by atoms with E-state index in [1.54, 1.807) is 38.1 Å². The van der Waals surface area contributed by atoms with Crippen molar-refractivity contribution in [2.75, 3.05) is 44.7 Å². The van der Waals surface area contributed by atoms with Gasteiger partial charge >= 0.3 is 12.1 Å². The molecule has 2 aromatic rings. The Kier molecular flexibility index (Phi) is 10.6. The quantitative estimate of drug-likeness (QED) is 0.323. The Balaban J connectivity index is 1.81. The first kappa shape index (κ1) is 29.3. The van der Waals surface area contributed by atoms with Crippen molar-refractivity contribution in [2.24, 2.45) is 0 Å². The third kappa shape index (κ3) is 8.37. The molecule has 1 aromatic carbocycles. The fourth-order valence-corrected chi connectivity index (χ4v) is 3.95. The van der Waals surface area contributed by atoms with E-state index in [2.05, 4.69) is 20.6 Å². The molecule has 2 heterocycles. The highest BCUT2D eigenvalue weighted by Gasteiger charge is 2.31. The van der Waals surface area contributed by atoms with E-state index in [-0.39, 0.29) is 69.8 Å². The van der Waals surface area contributed by atoms with Crippen LogP contribution in [0.3, 0.4) is 0 Å². The van der Waals surface area contributed by atoms with Gasteiger partial charge in [-0.15, -0.1) is 0 Å². The number of carboxylic acids is 1. The van der Waals surface area contributed by atoms with Crippen molar-refractivity contribution in [1.29, 1.82) is 0 Å². The maximum atomic E-state index is 13.3. The largest absolute Gasteiger partial charge is 0.481 e. The van der Waals surface area contributed by atoms with Crippen LogP contribution in [0.15, 0.2) is 36.4 Å². The summed E-state index contributed by atoms with van der Waals surface area (Å²) in [5.74, 6) is -1.66. The van der Waals surface area contributed by atoms with Gasteiger partial charge in [0.05, 0.1) is 13.2 Å². The Morgan fingerprint density at radius 1 is 1.05 bits per heavy atom. The molecule has 0 spiro atoms. The topological polar surface area (TPSA) is 174 Å². The third-order valence-electron chi connectivity index (χ3n) is 6.03. The number of amides is 3. The molecule has 1 aromatic heterocycles. The Labute approximate surface area is 226 Å². The average Bonchev–Trinajstić information content (AvgIpc) is 2.95. The van der Waals surface area contributed by atoms with Crippen LogP contribution >= 0.6 is 0 Å². The maximum absolute atomic E-state index is 13.3. The molecule has 1 aliphatic heterocycles. The summed E-state index contributed by atoms with van der Waals surface area (Å²) in [5.41, 5.74) is 0.626. The van der Waals surface area contributed by atoms with Gasteiger partial charge in [0.1, 0.15) is 17.6 Å². The summed E-state index contributed by atoms with van der Waals surface area (Å²) in [5, 5.41) is 24.3. The van der Waals surface area contributed by atoms with Crippen molar-refractivity contribution >= 4 is 29.7 Å². The van der Waals surface area contributed by atoms with Gasteiger partial charge in [0.2, 0.25) is 5.91 Å². The molecule has 4 N–H and O–H groups in total. The predicted octanol–water partition coefficient (Wildman–Crippen LogP) is 1.20. The minimum Gasteiger partial charge on any atom is -0.481 e. The van der Waals surface area contributed by atoms with E-state index in [1.165, 1.54) is 15.9 Å². The smallest absolute Gasteiger partial charge is 0.409 e. The predicted molar refractivity (Wildman–Crippen MR) is 141 cm³/mol. The summed E-state index contributed by atoms with van der Waals surface area (Å²) in [6.07, 6.45) is -0.918. The second kappa shape index (κ2) is 14.0. The number of piperazine rings is 1. The summed E-state index contributed by atoms with van der Waals surface area (Å²) in [6.45, 7) is 4.48. The summed E-state index contributed by atoms with van der Waals surface area (Å²) in [4.78, 5) is 61.7. The van der Waals surface area contributed by atoms with Crippen molar-refractivity contribution < 1.29 is 34.1 Å². The highest BCUT2D eigenvalue weighted by molar-refractivity contribution is 5.97. The number of carbonyl (C=O) groups excluding carboxylic acids is 3. The summed E-state index contributed by atoms with van der Waals surface area (Å²) < 4.78 is 5.00. The molecule has 2 atom stereocenters. The van der Waals surface area contributed by atoms with Crippen LogP contribution in [-0.2, 0) is 14.3 Å². The number of carboxylic acid groups (broad SMARTS) is 1. The van der Waals surface area contributed by atoms with Crippen molar-refractivity contribution in [1.82, 2.24) is 25.1 Å². The lowest BCUT2D eigenvalue weighted by atomic mass is 10.1. The van der Waals surface area contributed by atoms with Crippen LogP contribution in [-0.4, -0.2) is 105 Å². The van der Waals surface area contributed by atoms with Crippen molar-refractivity contribution in [3.05, 3.63) is 42.1 Å². The molecule has 0 saturated carbocycles. The Bertz CT molecular complexity index is 1150. The first-order valence-corrected chi connectivity index (χ1v) is 12.8. The molecule has 210 valence electrons. The number of benzene rings is 1. The number of aromatic nitrogens is 2. The molecule has 13 nitrogen and oxygen atoms in total. The second-order valence-corrected chi connectivity index (χ2v) is 9.03. The lowest BCUT2D eigenvalue weighted by Crippen LogP contribution is -2.56. The Morgan fingerprint density at radius 3 is 2.33 bits per heavy atom. The molecule has 0 bridgehead atoms. The molecule has 0 radical (unpaired) electrons. The van der Waals surface area contributed by atoms with E-state index in [1.807, 2.05) is 6.07 Å². The van der Waals surface area contributed by atoms with Gasteiger partial charge in [-0.2, -0.15) is 0 Å². The number of hydrogen-bond acceptors (Lipinski definition) is 9. The third-order valence-corrected chi connectivity index (χ3v) is 6.03. The zero-order valence-corrected chi connectivity index (χ0v) is 22.0. The number of aliphatic hydroxyl groups excluding tert-OH is 1. The second-order valence-electron chi connectivity index (χ2n) is 9.03. The number of nitrogens with zero attached hydrogens (tertiary/aromatic N) is 4. The standard InChI is InChI=1S/C26H34N6O7/c1-3-39-26(38)32-13-11-31(12-14-32)25(37)19(9-10-22(34)35)29-24(36)20-15-21(27-17(2)16-33)30-23(28-20)18-7-5-4-6-8-18/h4-8,15,17,19,33H,3,9-14,16H2,1-2H3,(H,29,36)(H,34,35)(H,27,28,30). The number of aliphatic hydroxyl groups is 1. The number of ether oxygens (including phenoxy) is 1.